The van der Waals surface area contributed by atoms with Crippen LogP contribution >= 0.6 is 0 Å². The van der Waals surface area contributed by atoms with Gasteiger partial charge in [0.25, 0.3) is 0 Å². The Morgan fingerprint density at radius 2 is 1.71 bits per heavy atom. The first-order valence-corrected chi connectivity index (χ1v) is 7.41. The van der Waals surface area contributed by atoms with Crippen LogP contribution in [0.5, 0.6) is 0 Å². The van der Waals surface area contributed by atoms with Crippen molar-refractivity contribution in [1.29, 1.82) is 0 Å². The number of amides is 2. The fraction of sp³-hybridized carbons (Fsp3) is 0.529. The van der Waals surface area contributed by atoms with Gasteiger partial charge in [-0.1, -0.05) is 51.1 Å². The Balaban J connectivity index is 2.35. The van der Waals surface area contributed by atoms with Gasteiger partial charge in [-0.3, -0.25) is 9.59 Å². The van der Waals surface area contributed by atoms with Gasteiger partial charge < -0.3 is 10.2 Å². The molecule has 1 N–H and O–H groups in total. The van der Waals surface area contributed by atoms with Crippen LogP contribution in [0.15, 0.2) is 30.3 Å². The van der Waals surface area contributed by atoms with Crippen LogP contribution in [0.4, 0.5) is 0 Å². The normalized spacial score (nSPS) is 24.7. The van der Waals surface area contributed by atoms with Gasteiger partial charge in [-0.25, -0.2) is 0 Å². The molecule has 21 heavy (non-hydrogen) atoms. The summed E-state index contributed by atoms with van der Waals surface area (Å²) in [7, 11) is 0. The van der Waals surface area contributed by atoms with E-state index in [2.05, 4.69) is 5.32 Å². The number of hydrogen-bond donors (Lipinski definition) is 1. The van der Waals surface area contributed by atoms with Gasteiger partial charge in [0.2, 0.25) is 11.8 Å². The van der Waals surface area contributed by atoms with Crippen molar-refractivity contribution in [3.8, 4) is 0 Å². The second-order valence-corrected chi connectivity index (χ2v) is 6.82. The Hall–Kier alpha value is -1.84. The van der Waals surface area contributed by atoms with Gasteiger partial charge in [-0.05, 0) is 24.8 Å². The first-order valence-electron chi connectivity index (χ1n) is 7.41. The molecule has 2 rings (SSSR count). The second-order valence-electron chi connectivity index (χ2n) is 6.82. The molecule has 114 valence electrons. The number of rotatable bonds is 2. The van der Waals surface area contributed by atoms with Crippen LogP contribution in [0.25, 0.3) is 0 Å². The standard InChI is InChI=1S/C17H24N2O2/c1-11(13-9-7-6-8-10-13)19-12(2)15(20)18-14(16(19)21)17(3,4)5/h6-12,14H,1-5H3,(H,18,20). The van der Waals surface area contributed by atoms with Gasteiger partial charge in [-0.2, -0.15) is 0 Å². The lowest BCUT2D eigenvalue weighted by molar-refractivity contribution is -0.154. The molecule has 1 fully saturated rings. The summed E-state index contributed by atoms with van der Waals surface area (Å²) in [5, 5.41) is 2.86. The van der Waals surface area contributed by atoms with Gasteiger partial charge in [0, 0.05) is 0 Å². The maximum atomic E-state index is 12.9. The molecule has 0 aromatic heterocycles. The number of nitrogens with one attached hydrogen (secondary N) is 1. The largest absolute Gasteiger partial charge is 0.342 e. The van der Waals surface area contributed by atoms with Gasteiger partial charge in [0.15, 0.2) is 0 Å². The molecule has 1 aliphatic heterocycles. The molecule has 0 spiro atoms. The molecule has 2 amide bonds. The summed E-state index contributed by atoms with van der Waals surface area (Å²) in [5.74, 6) is -0.0942. The van der Waals surface area contributed by atoms with Crippen LogP contribution in [0.1, 0.15) is 46.2 Å². The quantitative estimate of drug-likeness (QED) is 0.909. The van der Waals surface area contributed by atoms with E-state index in [1.807, 2.05) is 58.0 Å². The van der Waals surface area contributed by atoms with Gasteiger partial charge in [0.1, 0.15) is 12.1 Å². The molecule has 0 radical (unpaired) electrons. The monoisotopic (exact) mass is 288 g/mol. The average Bonchev–Trinajstić information content (AvgIpc) is 2.42. The summed E-state index contributed by atoms with van der Waals surface area (Å²) >= 11 is 0. The minimum Gasteiger partial charge on any atom is -0.342 e. The molecule has 0 saturated carbocycles. The molecule has 1 aromatic rings. The highest BCUT2D eigenvalue weighted by Gasteiger charge is 2.45. The van der Waals surface area contributed by atoms with E-state index in [0.29, 0.717) is 0 Å². The zero-order chi connectivity index (χ0) is 15.8. The van der Waals surface area contributed by atoms with E-state index < -0.39 is 12.1 Å². The van der Waals surface area contributed by atoms with Crippen molar-refractivity contribution in [3.63, 3.8) is 0 Å². The summed E-state index contributed by atoms with van der Waals surface area (Å²) in [5.41, 5.74) is 0.738. The van der Waals surface area contributed by atoms with Crippen molar-refractivity contribution in [2.45, 2.75) is 52.7 Å². The highest BCUT2D eigenvalue weighted by Crippen LogP contribution is 2.30. The van der Waals surface area contributed by atoms with Crippen LogP contribution in [0, 0.1) is 5.41 Å². The number of piperazine rings is 1. The lowest BCUT2D eigenvalue weighted by Gasteiger charge is -2.44. The van der Waals surface area contributed by atoms with Crippen molar-refractivity contribution >= 4 is 11.8 Å². The Morgan fingerprint density at radius 1 is 1.14 bits per heavy atom. The van der Waals surface area contributed by atoms with E-state index in [1.165, 1.54) is 0 Å². The molecule has 1 heterocycles. The van der Waals surface area contributed by atoms with Crippen molar-refractivity contribution in [1.82, 2.24) is 10.2 Å². The first kappa shape index (κ1) is 15.5. The number of carbonyl (C=O) groups is 2. The van der Waals surface area contributed by atoms with Gasteiger partial charge in [0.05, 0.1) is 6.04 Å². The van der Waals surface area contributed by atoms with E-state index in [4.69, 9.17) is 0 Å². The molecule has 3 unspecified atom stereocenters. The molecule has 3 atom stereocenters. The molecule has 1 aliphatic rings. The number of nitrogens with zero attached hydrogens (tertiary/aromatic N) is 1. The molecule has 4 heteroatoms. The summed E-state index contributed by atoms with van der Waals surface area (Å²) in [6.07, 6.45) is 0. The molecule has 4 nitrogen and oxygen atoms in total. The van der Waals surface area contributed by atoms with Crippen molar-refractivity contribution in [2.24, 2.45) is 5.41 Å². The average molecular weight is 288 g/mol. The summed E-state index contributed by atoms with van der Waals surface area (Å²) in [6, 6.07) is 8.77. The Kier molecular flexibility index (Phi) is 4.08. The smallest absolute Gasteiger partial charge is 0.246 e. The predicted molar refractivity (Wildman–Crippen MR) is 82.6 cm³/mol. The van der Waals surface area contributed by atoms with Crippen molar-refractivity contribution < 1.29 is 9.59 Å². The number of hydrogen-bond acceptors (Lipinski definition) is 2. The molecular weight excluding hydrogens is 264 g/mol. The Morgan fingerprint density at radius 3 is 2.24 bits per heavy atom. The van der Waals surface area contributed by atoms with Crippen molar-refractivity contribution in [2.75, 3.05) is 0 Å². The summed E-state index contributed by atoms with van der Waals surface area (Å²) in [4.78, 5) is 26.8. The van der Waals surface area contributed by atoms with Crippen LogP contribution < -0.4 is 5.32 Å². The fourth-order valence-corrected chi connectivity index (χ4v) is 2.80. The molecule has 0 bridgehead atoms. The minimum atomic E-state index is -0.479. The van der Waals surface area contributed by atoms with Gasteiger partial charge >= 0.3 is 0 Å². The molecular formula is C17H24N2O2. The maximum absolute atomic E-state index is 12.9. The lowest BCUT2D eigenvalue weighted by atomic mass is 9.83. The third-order valence-electron chi connectivity index (χ3n) is 4.15. The highest BCUT2D eigenvalue weighted by molar-refractivity contribution is 5.97. The van der Waals surface area contributed by atoms with E-state index >= 15 is 0 Å². The van der Waals surface area contributed by atoms with Crippen LogP contribution in [-0.2, 0) is 9.59 Å². The summed E-state index contributed by atoms with van der Waals surface area (Å²) < 4.78 is 0. The zero-order valence-electron chi connectivity index (χ0n) is 13.4. The zero-order valence-corrected chi connectivity index (χ0v) is 13.4. The fourth-order valence-electron chi connectivity index (χ4n) is 2.80. The van der Waals surface area contributed by atoms with Crippen LogP contribution in [-0.4, -0.2) is 28.8 Å². The highest BCUT2D eigenvalue weighted by atomic mass is 16.2. The summed E-state index contributed by atoms with van der Waals surface area (Å²) in [6.45, 7) is 9.67. The van der Waals surface area contributed by atoms with E-state index in [9.17, 15) is 9.59 Å². The Bertz CT molecular complexity index is 533. The van der Waals surface area contributed by atoms with Gasteiger partial charge in [-0.15, -0.1) is 0 Å². The topological polar surface area (TPSA) is 49.4 Å². The van der Waals surface area contributed by atoms with Crippen LogP contribution in [0.2, 0.25) is 0 Å². The molecule has 1 saturated heterocycles. The molecule has 1 aromatic carbocycles. The third-order valence-corrected chi connectivity index (χ3v) is 4.15. The lowest BCUT2D eigenvalue weighted by Crippen LogP contribution is -2.66. The van der Waals surface area contributed by atoms with Crippen molar-refractivity contribution in [3.05, 3.63) is 35.9 Å². The SMILES string of the molecule is CC1C(=O)NC(C(C)(C)C)C(=O)N1C(C)c1ccccc1. The predicted octanol–water partition coefficient (Wildman–Crippen LogP) is 2.51. The van der Waals surface area contributed by atoms with E-state index in [-0.39, 0.29) is 23.3 Å². The van der Waals surface area contributed by atoms with Crippen LogP contribution in [0.3, 0.4) is 0 Å². The minimum absolute atomic E-state index is 0.00838. The van der Waals surface area contributed by atoms with E-state index in [0.717, 1.165) is 5.56 Å². The number of carbonyl (C=O) groups excluding carboxylic acids is 2. The number of benzene rings is 1. The Labute approximate surface area is 126 Å². The first-order chi connectivity index (χ1) is 9.73. The third kappa shape index (κ3) is 2.94. The van der Waals surface area contributed by atoms with E-state index in [1.54, 1.807) is 11.8 Å². The maximum Gasteiger partial charge on any atom is 0.246 e. The second kappa shape index (κ2) is 5.51. The molecule has 0 aliphatic carbocycles.